The molecule has 1 unspecified atom stereocenters. The van der Waals surface area contributed by atoms with Crippen molar-refractivity contribution in [1.29, 1.82) is 5.26 Å². The molecule has 2 aromatic rings. The van der Waals surface area contributed by atoms with Crippen LogP contribution < -0.4 is 5.73 Å². The summed E-state index contributed by atoms with van der Waals surface area (Å²) in [5, 5.41) is 9.07. The van der Waals surface area contributed by atoms with E-state index in [1.165, 1.54) is 36.2 Å². The highest BCUT2D eigenvalue weighted by Crippen LogP contribution is 2.38. The first kappa shape index (κ1) is 23.2. The molecule has 5 nitrogen and oxygen atoms in total. The Morgan fingerprint density at radius 2 is 2.00 bits per heavy atom. The predicted molar refractivity (Wildman–Crippen MR) is 124 cm³/mol. The van der Waals surface area contributed by atoms with Crippen LogP contribution in [-0.4, -0.2) is 29.4 Å². The van der Waals surface area contributed by atoms with Gasteiger partial charge in [-0.1, -0.05) is 48.6 Å². The lowest BCUT2D eigenvalue weighted by Crippen LogP contribution is -2.53. The highest BCUT2D eigenvalue weighted by Gasteiger charge is 2.44. The molecule has 0 radical (unpaired) electrons. The second kappa shape index (κ2) is 9.37. The lowest BCUT2D eigenvalue weighted by atomic mass is 9.78. The molecule has 1 aliphatic rings. The largest absolute Gasteiger partial charge is 0.369 e. The second-order valence-electron chi connectivity index (χ2n) is 7.60. The van der Waals surface area contributed by atoms with Crippen LogP contribution in [0.3, 0.4) is 0 Å². The number of allylic oxidation sites excluding steroid dienone is 2. The van der Waals surface area contributed by atoms with E-state index in [0.717, 1.165) is 5.56 Å². The van der Waals surface area contributed by atoms with Crippen LogP contribution in [0.15, 0.2) is 71.8 Å². The molecule has 0 aromatic heterocycles. The van der Waals surface area contributed by atoms with Crippen molar-refractivity contribution in [2.24, 2.45) is 10.7 Å². The lowest BCUT2D eigenvalue weighted by molar-refractivity contribution is -0.129. The Labute approximate surface area is 191 Å². The molecule has 0 fully saturated rings. The summed E-state index contributed by atoms with van der Waals surface area (Å²) < 4.78 is 25.9. The third-order valence-corrected chi connectivity index (χ3v) is 5.77. The molecule has 2 atom stereocenters. The molecule has 0 spiro atoms. The molecular weight excluding hydrogens is 430 g/mol. The third kappa shape index (κ3) is 4.73. The number of nitrogens with two attached hydrogens (primary N) is 1. The van der Waals surface area contributed by atoms with Gasteiger partial charge in [0.25, 0.3) is 6.43 Å². The molecule has 32 heavy (non-hydrogen) atoms. The summed E-state index contributed by atoms with van der Waals surface area (Å²) in [6.45, 7) is 1.76. The summed E-state index contributed by atoms with van der Waals surface area (Å²) in [7, 11) is 1.53. The topological polar surface area (TPSA) is 82.5 Å². The van der Waals surface area contributed by atoms with Gasteiger partial charge in [0.1, 0.15) is 0 Å². The molecule has 3 rings (SSSR count). The SMILES string of the molecule is CN1C(=O)C(c2ccc(C(F)F)cc2)[C@@](C)(/C=C/C=C(\S)c2cccc(C#N)c2)N=C1N. The highest BCUT2D eigenvalue weighted by molar-refractivity contribution is 7.90. The number of rotatable bonds is 5. The Kier molecular flexibility index (Phi) is 6.80. The molecule has 2 aromatic carbocycles. The van der Waals surface area contributed by atoms with Crippen LogP contribution in [0.2, 0.25) is 0 Å². The van der Waals surface area contributed by atoms with Gasteiger partial charge < -0.3 is 5.73 Å². The standard InChI is InChI=1S/C24H22F2N4OS/c1-24(12-4-7-19(32)18-6-3-5-15(13-18)14-27)20(22(31)30(2)23(28)29-24)16-8-10-17(11-9-16)21(25)26/h3-13,20-21,32H,1-2H3,(H2,28,29)/b12-4+,19-7-/t20?,24-/m1/s1. The van der Waals surface area contributed by atoms with Crippen molar-refractivity contribution < 1.29 is 13.6 Å². The number of thiol groups is 1. The molecule has 1 heterocycles. The van der Waals surface area contributed by atoms with E-state index in [0.29, 0.717) is 16.0 Å². The summed E-state index contributed by atoms with van der Waals surface area (Å²) in [6, 6.07) is 14.8. The average molecular weight is 453 g/mol. The summed E-state index contributed by atoms with van der Waals surface area (Å²) >= 11 is 4.50. The third-order valence-electron chi connectivity index (χ3n) is 5.36. The number of carbonyl (C=O) groups is 1. The summed E-state index contributed by atoms with van der Waals surface area (Å²) in [5.74, 6) is -0.966. The molecule has 2 N–H and O–H groups in total. The van der Waals surface area contributed by atoms with E-state index in [1.807, 2.05) is 6.07 Å². The van der Waals surface area contributed by atoms with E-state index in [2.05, 4.69) is 23.7 Å². The Balaban J connectivity index is 1.98. The zero-order valence-corrected chi connectivity index (χ0v) is 18.4. The maximum atomic E-state index is 13.1. The number of likely N-dealkylation sites (N-methyl/N-ethyl adjacent to an activating group) is 1. The molecule has 8 heteroatoms. The number of alkyl halides is 2. The molecule has 1 aliphatic heterocycles. The molecule has 0 saturated heterocycles. The number of aliphatic imine (C=N–C) groups is 1. The van der Waals surface area contributed by atoms with E-state index in [1.54, 1.807) is 43.4 Å². The van der Waals surface area contributed by atoms with E-state index in [-0.39, 0.29) is 17.4 Å². The first-order chi connectivity index (χ1) is 15.2. The van der Waals surface area contributed by atoms with Gasteiger partial charge in [-0.3, -0.25) is 9.69 Å². The molecule has 0 bridgehead atoms. The summed E-state index contributed by atoms with van der Waals surface area (Å²) in [6.07, 6.45) is 2.60. The average Bonchev–Trinajstić information content (AvgIpc) is 2.78. The Hall–Kier alpha value is -3.44. The molecule has 164 valence electrons. The van der Waals surface area contributed by atoms with Crippen LogP contribution in [0, 0.1) is 11.3 Å². The minimum absolute atomic E-state index is 0.0689. The fraction of sp³-hybridized carbons (Fsp3) is 0.208. The van der Waals surface area contributed by atoms with E-state index >= 15 is 0 Å². The van der Waals surface area contributed by atoms with Gasteiger partial charge in [0.15, 0.2) is 5.96 Å². The number of nitrogens with zero attached hydrogens (tertiary/aromatic N) is 3. The minimum Gasteiger partial charge on any atom is -0.369 e. The summed E-state index contributed by atoms with van der Waals surface area (Å²) in [5.41, 5.74) is 6.65. The maximum absolute atomic E-state index is 13.1. The fourth-order valence-electron chi connectivity index (χ4n) is 3.57. The van der Waals surface area contributed by atoms with Gasteiger partial charge in [-0.05, 0) is 36.3 Å². The number of nitriles is 1. The van der Waals surface area contributed by atoms with Crippen LogP contribution in [0.1, 0.15) is 41.5 Å². The Morgan fingerprint density at radius 1 is 1.31 bits per heavy atom. The van der Waals surface area contributed by atoms with Crippen molar-refractivity contribution in [3.63, 3.8) is 0 Å². The number of carbonyl (C=O) groups excluding carboxylic acids is 1. The van der Waals surface area contributed by atoms with Crippen molar-refractivity contribution in [2.75, 3.05) is 7.05 Å². The van der Waals surface area contributed by atoms with Gasteiger partial charge in [-0.15, -0.1) is 12.6 Å². The van der Waals surface area contributed by atoms with Gasteiger partial charge in [0.2, 0.25) is 5.91 Å². The van der Waals surface area contributed by atoms with Crippen molar-refractivity contribution >= 4 is 29.4 Å². The van der Waals surface area contributed by atoms with Gasteiger partial charge in [-0.2, -0.15) is 5.26 Å². The van der Waals surface area contributed by atoms with Crippen molar-refractivity contribution in [2.45, 2.75) is 24.8 Å². The number of hydrogen-bond donors (Lipinski definition) is 2. The first-order valence-electron chi connectivity index (χ1n) is 9.76. The van der Waals surface area contributed by atoms with E-state index < -0.39 is 17.9 Å². The van der Waals surface area contributed by atoms with Crippen LogP contribution >= 0.6 is 12.6 Å². The van der Waals surface area contributed by atoms with Crippen molar-refractivity contribution in [3.05, 3.63) is 89.0 Å². The Morgan fingerprint density at radius 3 is 2.62 bits per heavy atom. The van der Waals surface area contributed by atoms with Crippen LogP contribution in [0.5, 0.6) is 0 Å². The van der Waals surface area contributed by atoms with Gasteiger partial charge >= 0.3 is 0 Å². The fourth-order valence-corrected chi connectivity index (χ4v) is 3.79. The van der Waals surface area contributed by atoms with Crippen LogP contribution in [-0.2, 0) is 4.79 Å². The monoisotopic (exact) mass is 452 g/mol. The Bertz CT molecular complexity index is 1150. The summed E-state index contributed by atoms with van der Waals surface area (Å²) in [4.78, 5) is 19.5. The molecule has 0 saturated carbocycles. The number of guanidine groups is 1. The van der Waals surface area contributed by atoms with Crippen molar-refractivity contribution in [1.82, 2.24) is 4.90 Å². The highest BCUT2D eigenvalue weighted by atomic mass is 32.1. The first-order valence-corrected chi connectivity index (χ1v) is 10.2. The van der Waals surface area contributed by atoms with Crippen LogP contribution in [0.4, 0.5) is 8.78 Å². The zero-order valence-electron chi connectivity index (χ0n) is 17.5. The van der Waals surface area contributed by atoms with Gasteiger partial charge in [0, 0.05) is 17.5 Å². The maximum Gasteiger partial charge on any atom is 0.263 e. The number of benzene rings is 2. The molecule has 1 amide bonds. The molecule has 0 aliphatic carbocycles. The minimum atomic E-state index is -2.59. The second-order valence-corrected chi connectivity index (χ2v) is 8.08. The number of amides is 1. The van der Waals surface area contributed by atoms with Crippen LogP contribution in [0.25, 0.3) is 4.91 Å². The quantitative estimate of drug-likeness (QED) is 0.512. The van der Waals surface area contributed by atoms with Gasteiger partial charge in [0.05, 0.1) is 23.1 Å². The van der Waals surface area contributed by atoms with Gasteiger partial charge in [-0.25, -0.2) is 13.8 Å². The smallest absolute Gasteiger partial charge is 0.263 e. The number of hydrogen-bond acceptors (Lipinski definition) is 5. The number of halogens is 2. The lowest BCUT2D eigenvalue weighted by Gasteiger charge is -2.38. The normalized spacial score (nSPS) is 21.7. The zero-order chi connectivity index (χ0) is 23.5. The van der Waals surface area contributed by atoms with E-state index in [4.69, 9.17) is 11.0 Å². The van der Waals surface area contributed by atoms with Crippen molar-refractivity contribution in [3.8, 4) is 6.07 Å². The van der Waals surface area contributed by atoms with E-state index in [9.17, 15) is 13.6 Å². The predicted octanol–water partition coefficient (Wildman–Crippen LogP) is 4.65. The molecular formula is C24H22F2N4OS.